The summed E-state index contributed by atoms with van der Waals surface area (Å²) in [7, 11) is 1.83. The minimum atomic E-state index is -0.368. The highest BCUT2D eigenvalue weighted by Crippen LogP contribution is 2.19. The molecule has 0 saturated heterocycles. The van der Waals surface area contributed by atoms with E-state index in [0.29, 0.717) is 11.3 Å². The number of aryl methyl sites for hydroxylation is 2. The topological polar surface area (TPSA) is 41.1 Å². The fourth-order valence-electron chi connectivity index (χ4n) is 2.01. The summed E-state index contributed by atoms with van der Waals surface area (Å²) in [6.07, 6.45) is 0. The van der Waals surface area contributed by atoms with E-state index in [1.807, 2.05) is 27.0 Å². The molecule has 2 rings (SSSR count). The Morgan fingerprint density at radius 2 is 1.75 bits per heavy atom. The predicted molar refractivity (Wildman–Crippen MR) is 79.8 cm³/mol. The molecule has 0 heterocycles. The minimum Gasteiger partial charge on any atom is -0.388 e. The maximum absolute atomic E-state index is 13.2. The molecule has 0 atom stereocenters. The summed E-state index contributed by atoms with van der Waals surface area (Å²) in [4.78, 5) is 12.2. The second-order valence-electron chi connectivity index (χ2n) is 4.69. The van der Waals surface area contributed by atoms with Crippen LogP contribution in [0.5, 0.6) is 0 Å². The van der Waals surface area contributed by atoms with E-state index in [-0.39, 0.29) is 11.7 Å². The first-order valence-corrected chi connectivity index (χ1v) is 6.37. The Morgan fingerprint density at radius 3 is 2.40 bits per heavy atom. The zero-order chi connectivity index (χ0) is 14.7. The van der Waals surface area contributed by atoms with Crippen molar-refractivity contribution in [3.63, 3.8) is 0 Å². The molecular formula is C16H17FN2O. The lowest BCUT2D eigenvalue weighted by atomic mass is 10.1. The summed E-state index contributed by atoms with van der Waals surface area (Å²) in [5.74, 6) is -0.614. The quantitative estimate of drug-likeness (QED) is 0.893. The van der Waals surface area contributed by atoms with Crippen LogP contribution in [0.3, 0.4) is 0 Å². The molecule has 0 aromatic heterocycles. The standard InChI is InChI=1S/C16H17FN2O/c1-10-4-6-13(17)9-15(10)19-16(20)12-5-7-14(18-3)11(2)8-12/h4-9,18H,1-3H3,(H,19,20). The molecule has 0 bridgehead atoms. The zero-order valence-electron chi connectivity index (χ0n) is 11.8. The van der Waals surface area contributed by atoms with Gasteiger partial charge in [0, 0.05) is 24.0 Å². The Labute approximate surface area is 117 Å². The highest BCUT2D eigenvalue weighted by molar-refractivity contribution is 6.05. The summed E-state index contributed by atoms with van der Waals surface area (Å²) in [5, 5.41) is 5.78. The molecule has 20 heavy (non-hydrogen) atoms. The van der Waals surface area contributed by atoms with Crippen LogP contribution >= 0.6 is 0 Å². The Morgan fingerprint density at radius 1 is 1.00 bits per heavy atom. The van der Waals surface area contributed by atoms with Gasteiger partial charge in [-0.25, -0.2) is 4.39 Å². The van der Waals surface area contributed by atoms with Crippen molar-refractivity contribution in [1.82, 2.24) is 0 Å². The summed E-state index contributed by atoms with van der Waals surface area (Å²) in [5.41, 5.74) is 3.82. The van der Waals surface area contributed by atoms with Gasteiger partial charge in [-0.2, -0.15) is 0 Å². The Hall–Kier alpha value is -2.36. The summed E-state index contributed by atoms with van der Waals surface area (Å²) in [6, 6.07) is 9.72. The Kier molecular flexibility index (Phi) is 4.03. The van der Waals surface area contributed by atoms with E-state index in [4.69, 9.17) is 0 Å². The van der Waals surface area contributed by atoms with Gasteiger partial charge in [-0.05, 0) is 55.3 Å². The first kappa shape index (κ1) is 14.1. The highest BCUT2D eigenvalue weighted by atomic mass is 19.1. The largest absolute Gasteiger partial charge is 0.388 e. The number of carbonyl (C=O) groups is 1. The summed E-state index contributed by atoms with van der Waals surface area (Å²) in [6.45, 7) is 3.75. The summed E-state index contributed by atoms with van der Waals surface area (Å²) < 4.78 is 13.2. The number of anilines is 2. The van der Waals surface area contributed by atoms with Crippen LogP contribution in [-0.4, -0.2) is 13.0 Å². The number of hydrogen-bond acceptors (Lipinski definition) is 2. The highest BCUT2D eigenvalue weighted by Gasteiger charge is 2.09. The molecule has 0 aliphatic carbocycles. The van der Waals surface area contributed by atoms with Crippen LogP contribution in [-0.2, 0) is 0 Å². The molecule has 2 aromatic rings. The molecule has 4 heteroatoms. The van der Waals surface area contributed by atoms with E-state index in [1.165, 1.54) is 12.1 Å². The number of benzene rings is 2. The lowest BCUT2D eigenvalue weighted by molar-refractivity contribution is 0.102. The average Bonchev–Trinajstić information content (AvgIpc) is 2.42. The maximum Gasteiger partial charge on any atom is 0.255 e. The Bertz CT molecular complexity index is 653. The van der Waals surface area contributed by atoms with Gasteiger partial charge in [-0.1, -0.05) is 6.07 Å². The molecule has 0 fully saturated rings. The lowest BCUT2D eigenvalue weighted by Gasteiger charge is -2.10. The van der Waals surface area contributed by atoms with Crippen molar-refractivity contribution >= 4 is 17.3 Å². The van der Waals surface area contributed by atoms with Crippen molar-refractivity contribution in [2.24, 2.45) is 0 Å². The van der Waals surface area contributed by atoms with Crippen LogP contribution in [0.1, 0.15) is 21.5 Å². The Balaban J connectivity index is 2.24. The van der Waals surface area contributed by atoms with Crippen LogP contribution in [0.15, 0.2) is 36.4 Å². The van der Waals surface area contributed by atoms with Crippen LogP contribution < -0.4 is 10.6 Å². The van der Waals surface area contributed by atoms with E-state index in [0.717, 1.165) is 16.8 Å². The van der Waals surface area contributed by atoms with Crippen LogP contribution in [0.2, 0.25) is 0 Å². The third-order valence-corrected chi connectivity index (χ3v) is 3.21. The number of nitrogens with one attached hydrogen (secondary N) is 2. The van der Waals surface area contributed by atoms with Gasteiger partial charge in [0.25, 0.3) is 5.91 Å². The minimum absolute atomic E-state index is 0.246. The van der Waals surface area contributed by atoms with E-state index in [1.54, 1.807) is 18.2 Å². The maximum atomic E-state index is 13.2. The molecule has 2 N–H and O–H groups in total. The van der Waals surface area contributed by atoms with Gasteiger partial charge < -0.3 is 10.6 Å². The zero-order valence-corrected chi connectivity index (χ0v) is 11.8. The monoisotopic (exact) mass is 272 g/mol. The van der Waals surface area contributed by atoms with Crippen molar-refractivity contribution in [1.29, 1.82) is 0 Å². The van der Waals surface area contributed by atoms with Gasteiger partial charge in [-0.3, -0.25) is 4.79 Å². The van der Waals surface area contributed by atoms with Crippen molar-refractivity contribution in [2.75, 3.05) is 17.7 Å². The third-order valence-electron chi connectivity index (χ3n) is 3.21. The van der Waals surface area contributed by atoms with Gasteiger partial charge in [-0.15, -0.1) is 0 Å². The average molecular weight is 272 g/mol. The second kappa shape index (κ2) is 5.74. The normalized spacial score (nSPS) is 10.2. The molecule has 0 spiro atoms. The molecule has 2 aromatic carbocycles. The molecular weight excluding hydrogens is 255 g/mol. The van der Waals surface area contributed by atoms with Crippen LogP contribution in [0, 0.1) is 19.7 Å². The molecule has 3 nitrogen and oxygen atoms in total. The third kappa shape index (κ3) is 2.96. The molecule has 0 aliphatic rings. The van der Waals surface area contributed by atoms with Gasteiger partial charge in [0.15, 0.2) is 0 Å². The van der Waals surface area contributed by atoms with Crippen LogP contribution in [0.25, 0.3) is 0 Å². The van der Waals surface area contributed by atoms with Crippen molar-refractivity contribution in [3.05, 3.63) is 58.9 Å². The molecule has 0 radical (unpaired) electrons. The second-order valence-corrected chi connectivity index (χ2v) is 4.69. The summed E-state index contributed by atoms with van der Waals surface area (Å²) >= 11 is 0. The van der Waals surface area contributed by atoms with Crippen molar-refractivity contribution in [2.45, 2.75) is 13.8 Å². The van der Waals surface area contributed by atoms with Crippen molar-refractivity contribution < 1.29 is 9.18 Å². The predicted octanol–water partition coefficient (Wildman–Crippen LogP) is 3.74. The lowest BCUT2D eigenvalue weighted by Crippen LogP contribution is -2.13. The molecule has 0 unspecified atom stereocenters. The molecule has 104 valence electrons. The first-order valence-electron chi connectivity index (χ1n) is 6.37. The number of halogens is 1. The van der Waals surface area contributed by atoms with Gasteiger partial charge in [0.2, 0.25) is 0 Å². The molecule has 0 saturated carbocycles. The van der Waals surface area contributed by atoms with Crippen molar-refractivity contribution in [3.8, 4) is 0 Å². The number of amides is 1. The van der Waals surface area contributed by atoms with Gasteiger partial charge in [0.05, 0.1) is 0 Å². The van der Waals surface area contributed by atoms with E-state index < -0.39 is 0 Å². The molecule has 0 aliphatic heterocycles. The number of carbonyl (C=O) groups excluding carboxylic acids is 1. The fourth-order valence-corrected chi connectivity index (χ4v) is 2.01. The van der Waals surface area contributed by atoms with Gasteiger partial charge >= 0.3 is 0 Å². The van der Waals surface area contributed by atoms with Crippen LogP contribution in [0.4, 0.5) is 15.8 Å². The van der Waals surface area contributed by atoms with E-state index in [9.17, 15) is 9.18 Å². The first-order chi connectivity index (χ1) is 9.51. The van der Waals surface area contributed by atoms with Gasteiger partial charge in [0.1, 0.15) is 5.82 Å². The smallest absolute Gasteiger partial charge is 0.255 e. The fraction of sp³-hybridized carbons (Fsp3) is 0.188. The molecule has 1 amide bonds. The number of hydrogen-bond donors (Lipinski definition) is 2. The number of rotatable bonds is 3. The SMILES string of the molecule is CNc1ccc(C(=O)Nc2cc(F)ccc2C)cc1C. The van der Waals surface area contributed by atoms with E-state index in [2.05, 4.69) is 10.6 Å². The van der Waals surface area contributed by atoms with E-state index >= 15 is 0 Å².